The van der Waals surface area contributed by atoms with Gasteiger partial charge in [-0.3, -0.25) is 0 Å². The molecule has 1 aromatic carbocycles. The number of aryl methyl sites for hydroxylation is 1. The number of amides is 2. The molecule has 1 fully saturated rings. The number of nitriles is 1. The molecule has 18 heavy (non-hydrogen) atoms. The molecule has 2 amide bonds. The maximum Gasteiger partial charge on any atom is 0.331 e. The van der Waals surface area contributed by atoms with E-state index >= 15 is 0 Å². The Labute approximate surface area is 103 Å². The predicted molar refractivity (Wildman–Crippen MR) is 62.3 cm³/mol. The van der Waals surface area contributed by atoms with Gasteiger partial charge in [-0.2, -0.15) is 5.26 Å². The number of aromatic nitrogens is 1. The van der Waals surface area contributed by atoms with Crippen LogP contribution in [0.5, 0.6) is 0 Å². The molecule has 1 aromatic heterocycles. The lowest BCUT2D eigenvalue weighted by Crippen LogP contribution is -2.23. The van der Waals surface area contributed by atoms with Gasteiger partial charge < -0.3 is 9.73 Å². The average Bonchev–Trinajstić information content (AvgIpc) is 2.89. The summed E-state index contributed by atoms with van der Waals surface area (Å²) in [4.78, 5) is 16.7. The van der Waals surface area contributed by atoms with E-state index in [4.69, 9.17) is 9.68 Å². The lowest BCUT2D eigenvalue weighted by molar-refractivity contribution is 0.232. The van der Waals surface area contributed by atoms with Crippen molar-refractivity contribution in [2.45, 2.75) is 13.0 Å². The third-order valence-corrected chi connectivity index (χ3v) is 2.95. The molecule has 2 heterocycles. The summed E-state index contributed by atoms with van der Waals surface area (Å²) in [6, 6.07) is 5.03. The predicted octanol–water partition coefficient (Wildman–Crippen LogP) is 1.68. The Kier molecular flexibility index (Phi) is 2.20. The van der Waals surface area contributed by atoms with Gasteiger partial charge in [0.15, 0.2) is 17.7 Å². The summed E-state index contributed by atoms with van der Waals surface area (Å²) in [5, 5.41) is 11.5. The van der Waals surface area contributed by atoms with E-state index in [0.29, 0.717) is 18.0 Å². The number of nitrogens with one attached hydrogen (secondary N) is 1. The third kappa shape index (κ3) is 1.57. The van der Waals surface area contributed by atoms with Crippen molar-refractivity contribution in [2.75, 3.05) is 6.54 Å². The molecule has 1 saturated heterocycles. The first kappa shape index (κ1) is 10.6. The van der Waals surface area contributed by atoms with Crippen LogP contribution in [0.2, 0.25) is 0 Å². The van der Waals surface area contributed by atoms with E-state index < -0.39 is 0 Å². The van der Waals surface area contributed by atoms with Crippen LogP contribution in [0.1, 0.15) is 17.5 Å². The number of hydrogen-bond donors (Lipinski definition) is 1. The van der Waals surface area contributed by atoms with E-state index in [1.807, 2.05) is 24.4 Å². The van der Waals surface area contributed by atoms with Crippen LogP contribution in [-0.4, -0.2) is 22.5 Å². The van der Waals surface area contributed by atoms with E-state index in [1.165, 1.54) is 0 Å². The Morgan fingerprint density at radius 2 is 2.44 bits per heavy atom. The SMILES string of the molecule is Cc1nc2ccc(C3CN(C#N)C(=O)N3)cc2o1. The van der Waals surface area contributed by atoms with Gasteiger partial charge in [0.1, 0.15) is 5.52 Å². The number of oxazole rings is 1. The molecule has 0 bridgehead atoms. The maximum absolute atomic E-state index is 11.4. The minimum absolute atomic E-state index is 0.188. The molecular formula is C12H10N4O2. The summed E-state index contributed by atoms with van der Waals surface area (Å²) >= 11 is 0. The van der Waals surface area contributed by atoms with E-state index in [-0.39, 0.29) is 12.1 Å². The summed E-state index contributed by atoms with van der Waals surface area (Å²) in [6.45, 7) is 2.13. The minimum Gasteiger partial charge on any atom is -0.441 e. The molecule has 1 aliphatic rings. The minimum atomic E-state index is -0.364. The lowest BCUT2D eigenvalue weighted by atomic mass is 10.1. The summed E-state index contributed by atoms with van der Waals surface area (Å²) in [6.07, 6.45) is 1.84. The number of fused-ring (bicyclic) bond motifs is 1. The summed E-state index contributed by atoms with van der Waals surface area (Å²) in [7, 11) is 0. The molecule has 0 aliphatic carbocycles. The van der Waals surface area contributed by atoms with Gasteiger partial charge in [0.05, 0.1) is 12.6 Å². The smallest absolute Gasteiger partial charge is 0.331 e. The van der Waals surface area contributed by atoms with E-state index in [2.05, 4.69) is 10.3 Å². The van der Waals surface area contributed by atoms with Crippen LogP contribution >= 0.6 is 0 Å². The van der Waals surface area contributed by atoms with Crippen molar-refractivity contribution in [2.24, 2.45) is 0 Å². The van der Waals surface area contributed by atoms with Crippen LogP contribution in [0.4, 0.5) is 4.79 Å². The molecular weight excluding hydrogens is 232 g/mol. The van der Waals surface area contributed by atoms with Crippen LogP contribution in [0.15, 0.2) is 22.6 Å². The molecule has 2 aromatic rings. The number of nitrogens with zero attached hydrogens (tertiary/aromatic N) is 3. The van der Waals surface area contributed by atoms with Crippen molar-refractivity contribution < 1.29 is 9.21 Å². The van der Waals surface area contributed by atoms with Gasteiger partial charge in [0.25, 0.3) is 0 Å². The van der Waals surface area contributed by atoms with Gasteiger partial charge in [-0.25, -0.2) is 14.7 Å². The lowest BCUT2D eigenvalue weighted by Gasteiger charge is -2.08. The van der Waals surface area contributed by atoms with Crippen molar-refractivity contribution in [3.8, 4) is 6.19 Å². The first-order valence-electron chi connectivity index (χ1n) is 5.52. The zero-order valence-corrected chi connectivity index (χ0v) is 9.67. The Balaban J connectivity index is 1.96. The van der Waals surface area contributed by atoms with Crippen molar-refractivity contribution in [1.29, 1.82) is 5.26 Å². The normalized spacial score (nSPS) is 19.0. The standard InChI is InChI=1S/C12H10N4O2/c1-7-14-9-3-2-8(4-11(9)18-7)10-5-16(6-13)12(17)15-10/h2-4,10H,5H2,1H3,(H,15,17). The number of rotatable bonds is 1. The Bertz CT molecular complexity index is 670. The molecule has 1 unspecified atom stereocenters. The fourth-order valence-electron chi connectivity index (χ4n) is 2.09. The number of hydrogen-bond acceptors (Lipinski definition) is 4. The quantitative estimate of drug-likeness (QED) is 0.771. The van der Waals surface area contributed by atoms with E-state index in [1.54, 1.807) is 6.92 Å². The Morgan fingerprint density at radius 1 is 1.61 bits per heavy atom. The zero-order chi connectivity index (χ0) is 12.7. The van der Waals surface area contributed by atoms with E-state index in [0.717, 1.165) is 16.0 Å². The van der Waals surface area contributed by atoms with Crippen molar-refractivity contribution >= 4 is 17.1 Å². The zero-order valence-electron chi connectivity index (χ0n) is 9.67. The largest absolute Gasteiger partial charge is 0.441 e. The van der Waals surface area contributed by atoms with Gasteiger partial charge in [-0.1, -0.05) is 6.07 Å². The molecule has 90 valence electrons. The fourth-order valence-corrected chi connectivity index (χ4v) is 2.09. The number of carbonyl (C=O) groups is 1. The van der Waals surface area contributed by atoms with Crippen LogP contribution in [0, 0.1) is 18.4 Å². The van der Waals surface area contributed by atoms with Gasteiger partial charge in [0.2, 0.25) is 0 Å². The van der Waals surface area contributed by atoms with Crippen LogP contribution < -0.4 is 5.32 Å². The molecule has 1 N–H and O–H groups in total. The summed E-state index contributed by atoms with van der Waals surface area (Å²) in [5.74, 6) is 0.608. The highest BCUT2D eigenvalue weighted by Gasteiger charge is 2.30. The molecule has 0 spiro atoms. The van der Waals surface area contributed by atoms with Crippen molar-refractivity contribution in [3.63, 3.8) is 0 Å². The van der Waals surface area contributed by atoms with Crippen molar-refractivity contribution in [3.05, 3.63) is 29.7 Å². The highest BCUT2D eigenvalue weighted by atomic mass is 16.3. The maximum atomic E-state index is 11.4. The Morgan fingerprint density at radius 3 is 3.17 bits per heavy atom. The molecule has 1 aliphatic heterocycles. The molecule has 0 saturated carbocycles. The van der Waals surface area contributed by atoms with Crippen LogP contribution in [-0.2, 0) is 0 Å². The molecule has 1 atom stereocenters. The highest BCUT2D eigenvalue weighted by Crippen LogP contribution is 2.24. The first-order chi connectivity index (χ1) is 8.67. The molecule has 6 heteroatoms. The topological polar surface area (TPSA) is 82.2 Å². The Hall–Kier alpha value is -2.55. The van der Waals surface area contributed by atoms with Gasteiger partial charge in [-0.05, 0) is 17.7 Å². The molecule has 6 nitrogen and oxygen atoms in total. The number of benzene rings is 1. The summed E-state index contributed by atoms with van der Waals surface area (Å²) < 4.78 is 5.45. The second kappa shape index (κ2) is 3.74. The van der Waals surface area contributed by atoms with Crippen LogP contribution in [0.25, 0.3) is 11.1 Å². The fraction of sp³-hybridized carbons (Fsp3) is 0.250. The van der Waals surface area contributed by atoms with Gasteiger partial charge in [0, 0.05) is 6.92 Å². The van der Waals surface area contributed by atoms with Crippen LogP contribution in [0.3, 0.4) is 0 Å². The average molecular weight is 242 g/mol. The number of urea groups is 1. The van der Waals surface area contributed by atoms with Crippen molar-refractivity contribution in [1.82, 2.24) is 15.2 Å². The molecule has 3 rings (SSSR count). The summed E-state index contributed by atoms with van der Waals surface area (Å²) in [5.41, 5.74) is 2.39. The monoisotopic (exact) mass is 242 g/mol. The van der Waals surface area contributed by atoms with Gasteiger partial charge in [-0.15, -0.1) is 0 Å². The van der Waals surface area contributed by atoms with Gasteiger partial charge >= 0.3 is 6.03 Å². The number of carbonyl (C=O) groups excluding carboxylic acids is 1. The molecule has 0 radical (unpaired) electrons. The highest BCUT2D eigenvalue weighted by molar-refractivity contribution is 5.79. The first-order valence-corrected chi connectivity index (χ1v) is 5.52. The third-order valence-electron chi connectivity index (χ3n) is 2.95. The second-order valence-corrected chi connectivity index (χ2v) is 4.17. The van der Waals surface area contributed by atoms with E-state index in [9.17, 15) is 4.79 Å². The second-order valence-electron chi connectivity index (χ2n) is 4.17.